The van der Waals surface area contributed by atoms with Crippen LogP contribution in [0, 0.1) is 0 Å². The Bertz CT molecular complexity index is 984. The lowest BCUT2D eigenvalue weighted by Gasteiger charge is -2.18. The molecule has 0 fully saturated rings. The summed E-state index contributed by atoms with van der Waals surface area (Å²) in [4.78, 5) is 24.2. The van der Waals surface area contributed by atoms with Crippen LogP contribution in [0.1, 0.15) is 60.0 Å². The maximum Gasteiger partial charge on any atom is 0.173 e. The van der Waals surface area contributed by atoms with Crippen molar-refractivity contribution < 1.29 is 4.79 Å². The number of ketones is 1. The van der Waals surface area contributed by atoms with E-state index in [1.807, 2.05) is 12.1 Å². The standard InChI is InChI=1S/C22H24N2OS2/c1-22(2,3)15-10-8-14(9-11-15)17(25)12-26-20-19-16-6-4-5-7-18(16)27-21(19)24-13-23-20/h8-11,13H,4-7,12H2,1-3H3. The zero-order valence-corrected chi connectivity index (χ0v) is 17.7. The van der Waals surface area contributed by atoms with E-state index >= 15 is 0 Å². The number of hydrogen-bond donors (Lipinski definition) is 0. The Morgan fingerprint density at radius 3 is 2.59 bits per heavy atom. The number of benzene rings is 1. The fraction of sp³-hybridized carbons (Fsp3) is 0.409. The molecule has 2 heterocycles. The highest BCUT2D eigenvalue weighted by atomic mass is 32.2. The van der Waals surface area contributed by atoms with Crippen LogP contribution < -0.4 is 0 Å². The highest BCUT2D eigenvalue weighted by molar-refractivity contribution is 8.00. The van der Waals surface area contributed by atoms with Crippen molar-refractivity contribution in [1.29, 1.82) is 0 Å². The van der Waals surface area contributed by atoms with Gasteiger partial charge in [0.2, 0.25) is 0 Å². The normalized spacial score (nSPS) is 14.3. The zero-order valence-electron chi connectivity index (χ0n) is 16.0. The first kappa shape index (κ1) is 18.6. The quantitative estimate of drug-likeness (QED) is 0.315. The van der Waals surface area contributed by atoms with Gasteiger partial charge in [-0.25, -0.2) is 9.97 Å². The van der Waals surface area contributed by atoms with Crippen LogP contribution in [0.2, 0.25) is 0 Å². The summed E-state index contributed by atoms with van der Waals surface area (Å²) >= 11 is 3.35. The van der Waals surface area contributed by atoms with E-state index in [9.17, 15) is 4.79 Å². The molecule has 27 heavy (non-hydrogen) atoms. The van der Waals surface area contributed by atoms with Gasteiger partial charge in [0, 0.05) is 15.8 Å². The molecule has 0 unspecified atom stereocenters. The zero-order chi connectivity index (χ0) is 19.0. The van der Waals surface area contributed by atoms with Gasteiger partial charge >= 0.3 is 0 Å². The highest BCUT2D eigenvalue weighted by Crippen LogP contribution is 2.39. The van der Waals surface area contributed by atoms with E-state index in [1.54, 1.807) is 29.4 Å². The topological polar surface area (TPSA) is 42.9 Å². The fourth-order valence-corrected chi connectivity index (χ4v) is 5.76. The number of fused-ring (bicyclic) bond motifs is 3. The Balaban J connectivity index is 1.53. The van der Waals surface area contributed by atoms with Gasteiger partial charge in [-0.15, -0.1) is 11.3 Å². The van der Waals surface area contributed by atoms with Gasteiger partial charge in [-0.05, 0) is 42.2 Å². The molecule has 140 valence electrons. The lowest BCUT2D eigenvalue weighted by atomic mass is 9.86. The molecule has 0 atom stereocenters. The van der Waals surface area contributed by atoms with Crippen molar-refractivity contribution >= 4 is 39.1 Å². The minimum atomic E-state index is 0.0981. The number of carbonyl (C=O) groups is 1. The molecule has 0 radical (unpaired) electrons. The van der Waals surface area contributed by atoms with Crippen molar-refractivity contribution in [3.05, 3.63) is 52.2 Å². The average molecular weight is 397 g/mol. The Hall–Kier alpha value is -1.72. The van der Waals surface area contributed by atoms with Crippen molar-refractivity contribution in [1.82, 2.24) is 9.97 Å². The molecule has 0 N–H and O–H groups in total. The summed E-state index contributed by atoms with van der Waals surface area (Å²) in [6, 6.07) is 8.03. The van der Waals surface area contributed by atoms with E-state index in [0.717, 1.165) is 28.3 Å². The number of thiophene rings is 1. The van der Waals surface area contributed by atoms with E-state index in [2.05, 4.69) is 42.9 Å². The molecular formula is C22H24N2OS2. The number of Topliss-reactive ketones (excluding diaryl/α,β-unsaturated/α-hetero) is 1. The lowest BCUT2D eigenvalue weighted by molar-refractivity contribution is 0.102. The number of hydrogen-bond acceptors (Lipinski definition) is 5. The van der Waals surface area contributed by atoms with Crippen LogP contribution in [0.15, 0.2) is 35.6 Å². The minimum Gasteiger partial charge on any atom is -0.293 e. The molecule has 4 rings (SSSR count). The second kappa shape index (κ2) is 7.36. The molecule has 0 spiro atoms. The molecule has 1 aliphatic carbocycles. The lowest BCUT2D eigenvalue weighted by Crippen LogP contribution is -2.11. The van der Waals surface area contributed by atoms with E-state index in [0.29, 0.717) is 5.75 Å². The van der Waals surface area contributed by atoms with Gasteiger partial charge in [0.05, 0.1) is 5.75 Å². The molecule has 0 amide bonds. The molecule has 0 bridgehead atoms. The molecule has 5 heteroatoms. The molecule has 2 aromatic heterocycles. The van der Waals surface area contributed by atoms with Gasteiger partial charge in [0.25, 0.3) is 0 Å². The van der Waals surface area contributed by atoms with Gasteiger partial charge < -0.3 is 0 Å². The van der Waals surface area contributed by atoms with Gasteiger partial charge in [0.1, 0.15) is 16.2 Å². The van der Waals surface area contributed by atoms with Gasteiger partial charge in [-0.1, -0.05) is 56.8 Å². The number of carbonyl (C=O) groups excluding carboxylic acids is 1. The second-order valence-corrected chi connectivity index (χ2v) is 10.2. The third kappa shape index (κ3) is 3.81. The predicted octanol–water partition coefficient (Wildman–Crippen LogP) is 5.84. The summed E-state index contributed by atoms with van der Waals surface area (Å²) in [5, 5.41) is 2.15. The number of thioether (sulfide) groups is 1. The first-order valence-electron chi connectivity index (χ1n) is 9.45. The monoisotopic (exact) mass is 396 g/mol. The SMILES string of the molecule is CC(C)(C)c1ccc(C(=O)CSc2ncnc3sc4c(c23)CCCC4)cc1. The minimum absolute atomic E-state index is 0.0981. The van der Waals surface area contributed by atoms with Gasteiger partial charge in [0.15, 0.2) is 5.78 Å². The summed E-state index contributed by atoms with van der Waals surface area (Å²) in [7, 11) is 0. The van der Waals surface area contributed by atoms with Gasteiger partial charge in [-0.2, -0.15) is 0 Å². The maximum atomic E-state index is 12.7. The molecule has 1 aliphatic rings. The van der Waals surface area contributed by atoms with E-state index in [1.165, 1.54) is 34.2 Å². The Kier molecular flexibility index (Phi) is 5.08. The third-order valence-electron chi connectivity index (χ3n) is 5.13. The van der Waals surface area contributed by atoms with Crippen molar-refractivity contribution in [3.63, 3.8) is 0 Å². The Morgan fingerprint density at radius 2 is 1.85 bits per heavy atom. The van der Waals surface area contributed by atoms with Crippen LogP contribution in [0.3, 0.4) is 0 Å². The van der Waals surface area contributed by atoms with Crippen LogP contribution in [0.5, 0.6) is 0 Å². The summed E-state index contributed by atoms with van der Waals surface area (Å²) in [5.41, 5.74) is 3.54. The van der Waals surface area contributed by atoms with Crippen LogP contribution in [0.4, 0.5) is 0 Å². The third-order valence-corrected chi connectivity index (χ3v) is 7.32. The van der Waals surface area contributed by atoms with Crippen LogP contribution >= 0.6 is 23.1 Å². The second-order valence-electron chi connectivity index (χ2n) is 8.11. The smallest absolute Gasteiger partial charge is 0.173 e. The molecule has 1 aromatic carbocycles. The largest absolute Gasteiger partial charge is 0.293 e. The molecule has 0 saturated carbocycles. The van der Waals surface area contributed by atoms with Crippen molar-refractivity contribution in [2.75, 3.05) is 5.75 Å². The Morgan fingerprint density at radius 1 is 1.11 bits per heavy atom. The number of aryl methyl sites for hydroxylation is 2. The predicted molar refractivity (Wildman–Crippen MR) is 114 cm³/mol. The first-order chi connectivity index (χ1) is 12.9. The van der Waals surface area contributed by atoms with Crippen LogP contribution in [0.25, 0.3) is 10.2 Å². The van der Waals surface area contributed by atoms with Gasteiger partial charge in [-0.3, -0.25) is 4.79 Å². The summed E-state index contributed by atoms with van der Waals surface area (Å²) in [5.74, 6) is 0.558. The summed E-state index contributed by atoms with van der Waals surface area (Å²) < 4.78 is 0. The molecule has 3 aromatic rings. The van der Waals surface area contributed by atoms with E-state index in [-0.39, 0.29) is 11.2 Å². The molecule has 3 nitrogen and oxygen atoms in total. The maximum absolute atomic E-state index is 12.7. The van der Waals surface area contributed by atoms with Crippen molar-refractivity contribution in [2.45, 2.75) is 56.9 Å². The number of rotatable bonds is 4. The van der Waals surface area contributed by atoms with Crippen LogP contribution in [-0.2, 0) is 18.3 Å². The summed E-state index contributed by atoms with van der Waals surface area (Å²) in [6.45, 7) is 6.55. The number of nitrogens with zero attached hydrogens (tertiary/aromatic N) is 2. The van der Waals surface area contributed by atoms with Crippen molar-refractivity contribution in [2.24, 2.45) is 0 Å². The first-order valence-corrected chi connectivity index (χ1v) is 11.3. The van der Waals surface area contributed by atoms with Crippen molar-refractivity contribution in [3.8, 4) is 0 Å². The average Bonchev–Trinajstić information content (AvgIpc) is 3.04. The molecular weight excluding hydrogens is 372 g/mol. The number of aromatic nitrogens is 2. The molecule has 0 saturated heterocycles. The van der Waals surface area contributed by atoms with E-state index in [4.69, 9.17) is 0 Å². The molecule has 0 aliphatic heterocycles. The Labute approximate surface area is 168 Å². The highest BCUT2D eigenvalue weighted by Gasteiger charge is 2.21. The summed E-state index contributed by atoms with van der Waals surface area (Å²) in [6.07, 6.45) is 6.39. The van der Waals surface area contributed by atoms with Crippen LogP contribution in [-0.4, -0.2) is 21.5 Å². The fourth-order valence-electron chi connectivity index (χ4n) is 3.54. The van der Waals surface area contributed by atoms with E-state index < -0.39 is 0 Å².